The van der Waals surface area contributed by atoms with Crippen LogP contribution in [0.25, 0.3) is 0 Å². The van der Waals surface area contributed by atoms with E-state index in [1.165, 1.54) is 0 Å². The van der Waals surface area contributed by atoms with Crippen LogP contribution in [0.3, 0.4) is 0 Å². The van der Waals surface area contributed by atoms with Gasteiger partial charge in [0.25, 0.3) is 0 Å². The van der Waals surface area contributed by atoms with Crippen LogP contribution in [0, 0.1) is 0 Å². The molecule has 0 aliphatic heterocycles. The number of nitrogens with two attached hydrogens (primary N) is 1. The predicted octanol–water partition coefficient (Wildman–Crippen LogP) is 3.62. The summed E-state index contributed by atoms with van der Waals surface area (Å²) in [7, 11) is 0. The molecule has 5 heteroatoms. The van der Waals surface area contributed by atoms with Crippen molar-refractivity contribution in [3.63, 3.8) is 0 Å². The summed E-state index contributed by atoms with van der Waals surface area (Å²) in [4.78, 5) is 8.79. The normalized spacial score (nSPS) is 11.4. The molecule has 0 radical (unpaired) electrons. The van der Waals surface area contributed by atoms with Gasteiger partial charge in [-0.05, 0) is 17.7 Å². The van der Waals surface area contributed by atoms with Crippen LogP contribution in [0.4, 0.5) is 11.6 Å². The van der Waals surface area contributed by atoms with E-state index < -0.39 is 0 Å². The van der Waals surface area contributed by atoms with Crippen LogP contribution in [-0.2, 0) is 12.0 Å². The van der Waals surface area contributed by atoms with Crippen molar-refractivity contribution in [2.75, 3.05) is 11.1 Å². The van der Waals surface area contributed by atoms with Crippen LogP contribution in [0.15, 0.2) is 30.3 Å². The fourth-order valence-corrected chi connectivity index (χ4v) is 1.81. The summed E-state index contributed by atoms with van der Waals surface area (Å²) >= 11 is 5.86. The van der Waals surface area contributed by atoms with E-state index in [2.05, 4.69) is 36.1 Å². The van der Waals surface area contributed by atoms with Crippen LogP contribution in [0.5, 0.6) is 0 Å². The Balaban J connectivity index is 2.13. The molecule has 0 fully saturated rings. The van der Waals surface area contributed by atoms with Crippen LogP contribution in [0.2, 0.25) is 5.02 Å². The maximum Gasteiger partial charge on any atom is 0.138 e. The molecule has 20 heavy (non-hydrogen) atoms. The second-order valence-corrected chi connectivity index (χ2v) is 6.17. The van der Waals surface area contributed by atoms with Crippen LogP contribution in [-0.4, -0.2) is 9.97 Å². The van der Waals surface area contributed by atoms with E-state index in [1.54, 1.807) is 6.07 Å². The third kappa shape index (κ3) is 3.84. The average molecular weight is 291 g/mol. The van der Waals surface area contributed by atoms with Crippen LogP contribution >= 0.6 is 11.6 Å². The van der Waals surface area contributed by atoms with Crippen molar-refractivity contribution in [1.29, 1.82) is 0 Å². The highest BCUT2D eigenvalue weighted by Crippen LogP contribution is 2.21. The Labute approximate surface area is 124 Å². The first-order valence-corrected chi connectivity index (χ1v) is 6.86. The molecule has 0 aliphatic rings. The quantitative estimate of drug-likeness (QED) is 0.906. The minimum absolute atomic E-state index is 0.133. The number of hydrogen-bond donors (Lipinski definition) is 2. The topological polar surface area (TPSA) is 63.8 Å². The first-order chi connectivity index (χ1) is 9.34. The van der Waals surface area contributed by atoms with Crippen molar-refractivity contribution in [1.82, 2.24) is 9.97 Å². The molecule has 0 bridgehead atoms. The maximum atomic E-state index is 5.86. The van der Waals surface area contributed by atoms with E-state index in [4.69, 9.17) is 17.3 Å². The van der Waals surface area contributed by atoms with E-state index in [1.807, 2.05) is 24.3 Å². The maximum absolute atomic E-state index is 5.86. The van der Waals surface area contributed by atoms with Gasteiger partial charge in [-0.3, -0.25) is 0 Å². The van der Waals surface area contributed by atoms with Crippen molar-refractivity contribution >= 4 is 23.2 Å². The zero-order valence-electron chi connectivity index (χ0n) is 11.9. The van der Waals surface area contributed by atoms with E-state index in [9.17, 15) is 0 Å². The third-order valence-electron chi connectivity index (χ3n) is 2.80. The molecule has 106 valence electrons. The number of hydrogen-bond acceptors (Lipinski definition) is 4. The lowest BCUT2D eigenvalue weighted by atomic mass is 9.96. The second kappa shape index (κ2) is 5.67. The molecule has 0 saturated carbocycles. The smallest absolute Gasteiger partial charge is 0.138 e. The Hall–Kier alpha value is -1.81. The van der Waals surface area contributed by atoms with Gasteiger partial charge < -0.3 is 11.1 Å². The average Bonchev–Trinajstić information content (AvgIpc) is 2.36. The molecule has 4 nitrogen and oxygen atoms in total. The number of nitrogen functional groups attached to an aromatic ring is 1. The number of rotatable bonds is 3. The van der Waals surface area contributed by atoms with Gasteiger partial charge in [0.05, 0.1) is 0 Å². The van der Waals surface area contributed by atoms with Crippen molar-refractivity contribution < 1.29 is 0 Å². The number of nitrogens with zero attached hydrogens (tertiary/aromatic N) is 2. The highest BCUT2D eigenvalue weighted by molar-refractivity contribution is 6.30. The summed E-state index contributed by atoms with van der Waals surface area (Å²) < 4.78 is 0. The fourth-order valence-electron chi connectivity index (χ4n) is 1.69. The highest BCUT2D eigenvalue weighted by atomic mass is 35.5. The van der Waals surface area contributed by atoms with Gasteiger partial charge >= 0.3 is 0 Å². The minimum atomic E-state index is -0.133. The number of anilines is 2. The molecular weight excluding hydrogens is 272 g/mol. The summed E-state index contributed by atoms with van der Waals surface area (Å²) in [6, 6.07) is 9.43. The molecule has 0 unspecified atom stereocenters. The van der Waals surface area contributed by atoms with Crippen molar-refractivity contribution in [2.45, 2.75) is 32.7 Å². The van der Waals surface area contributed by atoms with Gasteiger partial charge in [0.2, 0.25) is 0 Å². The minimum Gasteiger partial charge on any atom is -0.384 e. The Bertz CT molecular complexity index is 588. The standard InChI is InChI=1S/C15H19ClN4/c1-15(2,3)14-19-12(17)8-13(20-14)18-9-10-4-6-11(16)7-5-10/h4-8H,9H2,1-3H3,(H3,17,18,19,20). The largest absolute Gasteiger partial charge is 0.384 e. The van der Waals surface area contributed by atoms with Gasteiger partial charge in [0.1, 0.15) is 17.5 Å². The van der Waals surface area contributed by atoms with Crippen molar-refractivity contribution in [2.24, 2.45) is 0 Å². The molecule has 2 rings (SSSR count). The summed E-state index contributed by atoms with van der Waals surface area (Å²) in [5.74, 6) is 1.94. The van der Waals surface area contributed by atoms with Gasteiger partial charge in [-0.15, -0.1) is 0 Å². The molecule has 0 atom stereocenters. The van der Waals surface area contributed by atoms with Crippen molar-refractivity contribution in [3.8, 4) is 0 Å². The van der Waals surface area contributed by atoms with Crippen LogP contribution < -0.4 is 11.1 Å². The first-order valence-electron chi connectivity index (χ1n) is 6.48. The second-order valence-electron chi connectivity index (χ2n) is 5.73. The molecule has 3 N–H and O–H groups in total. The van der Waals surface area contributed by atoms with E-state index >= 15 is 0 Å². The van der Waals surface area contributed by atoms with E-state index in [0.29, 0.717) is 12.4 Å². The summed E-state index contributed by atoms with van der Waals surface area (Å²) in [5.41, 5.74) is 6.83. The Morgan fingerprint density at radius 2 is 1.80 bits per heavy atom. The van der Waals surface area contributed by atoms with Gasteiger partial charge in [-0.25, -0.2) is 9.97 Å². The number of aromatic nitrogens is 2. The molecule has 0 amide bonds. The Kier molecular flexibility index (Phi) is 4.14. The molecule has 0 aliphatic carbocycles. The Morgan fingerprint density at radius 3 is 2.40 bits per heavy atom. The number of nitrogens with one attached hydrogen (secondary N) is 1. The van der Waals surface area contributed by atoms with Crippen molar-refractivity contribution in [3.05, 3.63) is 46.7 Å². The molecule has 1 heterocycles. The number of benzene rings is 1. The van der Waals surface area contributed by atoms with E-state index in [-0.39, 0.29) is 5.41 Å². The highest BCUT2D eigenvalue weighted by Gasteiger charge is 2.18. The lowest BCUT2D eigenvalue weighted by Gasteiger charge is -2.18. The molecule has 1 aromatic heterocycles. The van der Waals surface area contributed by atoms with E-state index in [0.717, 1.165) is 22.2 Å². The molecule has 1 aromatic carbocycles. The molecular formula is C15H19ClN4. The van der Waals surface area contributed by atoms with Gasteiger partial charge in [0.15, 0.2) is 0 Å². The Morgan fingerprint density at radius 1 is 1.15 bits per heavy atom. The number of halogens is 1. The van der Waals surface area contributed by atoms with Gasteiger partial charge in [0, 0.05) is 23.0 Å². The summed E-state index contributed by atoms with van der Waals surface area (Å²) in [6.45, 7) is 6.84. The molecule has 0 saturated heterocycles. The zero-order chi connectivity index (χ0) is 14.8. The van der Waals surface area contributed by atoms with Gasteiger partial charge in [-0.2, -0.15) is 0 Å². The lowest BCUT2D eigenvalue weighted by Crippen LogP contribution is -2.18. The predicted molar refractivity (Wildman–Crippen MR) is 83.9 cm³/mol. The molecule has 0 spiro atoms. The summed E-state index contributed by atoms with van der Waals surface area (Å²) in [5, 5.41) is 3.99. The first kappa shape index (κ1) is 14.6. The zero-order valence-corrected chi connectivity index (χ0v) is 12.7. The monoisotopic (exact) mass is 290 g/mol. The fraction of sp³-hybridized carbons (Fsp3) is 0.333. The van der Waals surface area contributed by atoms with Crippen LogP contribution in [0.1, 0.15) is 32.2 Å². The molecule has 2 aromatic rings. The van der Waals surface area contributed by atoms with Gasteiger partial charge in [-0.1, -0.05) is 44.5 Å². The SMILES string of the molecule is CC(C)(C)c1nc(N)cc(NCc2ccc(Cl)cc2)n1. The summed E-state index contributed by atoms with van der Waals surface area (Å²) in [6.07, 6.45) is 0. The lowest BCUT2D eigenvalue weighted by molar-refractivity contribution is 0.547. The third-order valence-corrected chi connectivity index (χ3v) is 3.06.